The van der Waals surface area contributed by atoms with E-state index < -0.39 is 15.8 Å². The molecule has 0 atom stereocenters. The van der Waals surface area contributed by atoms with E-state index in [-0.39, 0.29) is 27.9 Å². The average Bonchev–Trinajstić information content (AvgIpc) is 2.90. The van der Waals surface area contributed by atoms with Gasteiger partial charge in [0.25, 0.3) is 0 Å². The molecule has 3 rings (SSSR count). The van der Waals surface area contributed by atoms with Crippen LogP contribution in [-0.2, 0) is 16.9 Å². The fourth-order valence-corrected chi connectivity index (χ4v) is 3.55. The minimum Gasteiger partial charge on any atom is -0.477 e. The zero-order valence-corrected chi connectivity index (χ0v) is 14.7. The fraction of sp³-hybridized carbons (Fsp3) is 0.250. The van der Waals surface area contributed by atoms with Gasteiger partial charge in [-0.05, 0) is 25.1 Å². The molecule has 0 saturated heterocycles. The number of carboxylic acids is 1. The van der Waals surface area contributed by atoms with Crippen molar-refractivity contribution in [2.24, 2.45) is 7.05 Å². The summed E-state index contributed by atoms with van der Waals surface area (Å²) < 4.78 is 26.5. The van der Waals surface area contributed by atoms with Crippen LogP contribution in [0.5, 0.6) is 0 Å². The summed E-state index contributed by atoms with van der Waals surface area (Å²) >= 11 is 0. The highest BCUT2D eigenvalue weighted by atomic mass is 32.2. The third-order valence-corrected chi connectivity index (χ3v) is 5.67. The number of carbonyl (C=O) groups is 1. The Balaban J connectivity index is 2.37. The third-order valence-electron chi connectivity index (χ3n) is 3.91. The molecule has 1 N–H and O–H groups in total. The van der Waals surface area contributed by atoms with E-state index in [1.165, 1.54) is 19.1 Å². The topological polar surface area (TPSA) is 115 Å². The van der Waals surface area contributed by atoms with Crippen LogP contribution in [0.2, 0.25) is 0 Å². The number of pyridine rings is 2. The Morgan fingerprint density at radius 3 is 2.64 bits per heavy atom. The summed E-state index contributed by atoms with van der Waals surface area (Å²) in [7, 11) is -1.90. The van der Waals surface area contributed by atoms with E-state index in [4.69, 9.17) is 0 Å². The number of carboxylic acid groups (broad SMARTS) is 1. The van der Waals surface area contributed by atoms with Gasteiger partial charge in [-0.25, -0.2) is 23.2 Å². The molecule has 130 valence electrons. The van der Waals surface area contributed by atoms with Gasteiger partial charge in [0, 0.05) is 12.7 Å². The van der Waals surface area contributed by atoms with Gasteiger partial charge in [-0.15, -0.1) is 0 Å². The highest BCUT2D eigenvalue weighted by Crippen LogP contribution is 2.28. The summed E-state index contributed by atoms with van der Waals surface area (Å²) in [5.74, 6) is -1.09. The lowest BCUT2D eigenvalue weighted by atomic mass is 10.3. The minimum absolute atomic E-state index is 0.0260. The monoisotopic (exact) mass is 360 g/mol. The fourth-order valence-electron chi connectivity index (χ4n) is 2.53. The van der Waals surface area contributed by atoms with Gasteiger partial charge in [-0.2, -0.15) is 0 Å². The largest absolute Gasteiger partial charge is 0.477 e. The van der Waals surface area contributed by atoms with Crippen molar-refractivity contribution in [3.8, 4) is 11.5 Å². The first-order valence-corrected chi connectivity index (χ1v) is 9.16. The van der Waals surface area contributed by atoms with Crippen LogP contribution in [0.1, 0.15) is 23.1 Å². The number of aromatic carboxylic acids is 1. The van der Waals surface area contributed by atoms with Crippen molar-refractivity contribution in [3.05, 3.63) is 35.8 Å². The molecule has 0 saturated carbocycles. The lowest BCUT2D eigenvalue weighted by molar-refractivity contribution is 0.0690. The summed E-state index contributed by atoms with van der Waals surface area (Å²) in [6.07, 6.45) is 1.64. The Bertz CT molecular complexity index is 1100. The normalized spacial score (nSPS) is 11.8. The Labute approximate surface area is 144 Å². The number of aromatic nitrogens is 4. The van der Waals surface area contributed by atoms with Crippen molar-refractivity contribution in [1.29, 1.82) is 0 Å². The van der Waals surface area contributed by atoms with Crippen LogP contribution in [0.15, 0.2) is 29.3 Å². The highest BCUT2D eigenvalue weighted by Gasteiger charge is 2.24. The number of fused-ring (bicyclic) bond motifs is 1. The van der Waals surface area contributed by atoms with Gasteiger partial charge < -0.3 is 9.67 Å². The molecule has 0 aliphatic carbocycles. The van der Waals surface area contributed by atoms with Crippen LogP contribution in [-0.4, -0.2) is 44.8 Å². The smallest absolute Gasteiger partial charge is 0.354 e. The second-order valence-electron chi connectivity index (χ2n) is 5.56. The van der Waals surface area contributed by atoms with E-state index in [1.54, 1.807) is 23.9 Å². The molecule has 3 aromatic heterocycles. The first kappa shape index (κ1) is 17.0. The van der Waals surface area contributed by atoms with E-state index in [0.29, 0.717) is 11.0 Å². The maximum Gasteiger partial charge on any atom is 0.354 e. The van der Waals surface area contributed by atoms with Gasteiger partial charge in [-0.1, -0.05) is 6.92 Å². The standard InChI is InChI=1S/C16H16N4O4S/c1-4-25(23,24)13-6-5-10(16(21)22)18-14(13)15-19-11-7-9(2)17-8-12(11)20(15)3/h5-8H,4H2,1-3H3,(H,21,22). The van der Waals surface area contributed by atoms with Crippen LogP contribution in [0.4, 0.5) is 0 Å². The first-order chi connectivity index (χ1) is 11.7. The van der Waals surface area contributed by atoms with Crippen LogP contribution in [0, 0.1) is 6.92 Å². The van der Waals surface area contributed by atoms with Crippen LogP contribution < -0.4 is 0 Å². The molecular formula is C16H16N4O4S. The molecule has 0 unspecified atom stereocenters. The van der Waals surface area contributed by atoms with Gasteiger partial charge in [0.15, 0.2) is 15.7 Å². The summed E-state index contributed by atoms with van der Waals surface area (Å²) in [5.41, 5.74) is 1.88. The summed E-state index contributed by atoms with van der Waals surface area (Å²) in [5, 5.41) is 9.20. The molecule has 8 nitrogen and oxygen atoms in total. The van der Waals surface area contributed by atoms with Crippen LogP contribution >= 0.6 is 0 Å². The summed E-state index contributed by atoms with van der Waals surface area (Å²) in [6, 6.07) is 4.23. The molecule has 0 radical (unpaired) electrons. The average molecular weight is 360 g/mol. The maximum atomic E-state index is 12.4. The summed E-state index contributed by atoms with van der Waals surface area (Å²) in [6.45, 7) is 3.34. The zero-order valence-electron chi connectivity index (χ0n) is 13.9. The number of nitrogens with zero attached hydrogens (tertiary/aromatic N) is 4. The molecule has 0 spiro atoms. The van der Waals surface area contributed by atoms with Gasteiger partial charge >= 0.3 is 5.97 Å². The van der Waals surface area contributed by atoms with Crippen molar-refractivity contribution in [3.63, 3.8) is 0 Å². The Morgan fingerprint density at radius 2 is 2.00 bits per heavy atom. The SMILES string of the molecule is CCS(=O)(=O)c1ccc(C(=O)O)nc1-c1nc2cc(C)ncc2n1C. The molecule has 0 aliphatic heterocycles. The van der Waals surface area contributed by atoms with Crippen LogP contribution in [0.3, 0.4) is 0 Å². The number of hydrogen-bond acceptors (Lipinski definition) is 6. The molecule has 0 aromatic carbocycles. The predicted molar refractivity (Wildman–Crippen MR) is 91.2 cm³/mol. The highest BCUT2D eigenvalue weighted by molar-refractivity contribution is 7.91. The molecule has 3 aromatic rings. The molecule has 25 heavy (non-hydrogen) atoms. The molecule has 0 aliphatic rings. The maximum absolute atomic E-state index is 12.4. The number of hydrogen-bond donors (Lipinski definition) is 1. The Morgan fingerprint density at radius 1 is 1.28 bits per heavy atom. The van der Waals surface area contributed by atoms with Gasteiger partial charge in [0.2, 0.25) is 0 Å². The van der Waals surface area contributed by atoms with Crippen molar-refractivity contribution >= 4 is 26.8 Å². The molecule has 0 amide bonds. The van der Waals surface area contributed by atoms with Crippen LogP contribution in [0.25, 0.3) is 22.6 Å². The predicted octanol–water partition coefficient (Wildman–Crippen LogP) is 1.83. The number of rotatable bonds is 4. The lowest BCUT2D eigenvalue weighted by Gasteiger charge is -2.09. The minimum atomic E-state index is -3.61. The molecule has 3 heterocycles. The van der Waals surface area contributed by atoms with Crippen molar-refractivity contribution in [1.82, 2.24) is 19.5 Å². The third kappa shape index (κ3) is 2.86. The molecule has 0 bridgehead atoms. The van der Waals surface area contributed by atoms with Gasteiger partial charge in [-0.3, -0.25) is 4.98 Å². The zero-order chi connectivity index (χ0) is 18.4. The van der Waals surface area contributed by atoms with Crippen molar-refractivity contribution in [2.75, 3.05) is 5.75 Å². The number of aryl methyl sites for hydroxylation is 2. The molecule has 0 fully saturated rings. The number of imidazole rings is 1. The van der Waals surface area contributed by atoms with E-state index in [0.717, 1.165) is 5.69 Å². The summed E-state index contributed by atoms with van der Waals surface area (Å²) in [4.78, 5) is 24.0. The Kier molecular flexibility index (Phi) is 4.03. The van der Waals surface area contributed by atoms with E-state index in [9.17, 15) is 18.3 Å². The Hall–Kier alpha value is -2.81. The van der Waals surface area contributed by atoms with E-state index in [2.05, 4.69) is 15.0 Å². The van der Waals surface area contributed by atoms with Crippen molar-refractivity contribution < 1.29 is 18.3 Å². The lowest BCUT2D eigenvalue weighted by Crippen LogP contribution is -2.11. The van der Waals surface area contributed by atoms with E-state index in [1.807, 2.05) is 6.92 Å². The second-order valence-corrected chi connectivity index (χ2v) is 7.81. The molecular weight excluding hydrogens is 344 g/mol. The molecule has 9 heteroatoms. The van der Waals surface area contributed by atoms with Gasteiger partial charge in [0.1, 0.15) is 11.4 Å². The number of sulfone groups is 1. The van der Waals surface area contributed by atoms with Gasteiger partial charge in [0.05, 0.1) is 27.9 Å². The van der Waals surface area contributed by atoms with Crippen molar-refractivity contribution in [2.45, 2.75) is 18.7 Å². The van der Waals surface area contributed by atoms with E-state index >= 15 is 0 Å². The second kappa shape index (κ2) is 5.92. The first-order valence-electron chi connectivity index (χ1n) is 7.51. The quantitative estimate of drug-likeness (QED) is 0.754.